The normalized spacial score (nSPS) is 25.1. The number of amides is 7. The number of nitrogens with one attached hydrogen (secondary N) is 7. The Morgan fingerprint density at radius 2 is 0.590 bits per heavy atom. The van der Waals surface area contributed by atoms with Gasteiger partial charge in [0, 0.05) is 110 Å². The molecule has 0 bridgehead atoms. The molecule has 3 heterocycles. The molecule has 37 nitrogen and oxygen atoms in total. The minimum atomic E-state index is -1.38. The second-order valence-electron chi connectivity index (χ2n) is 26.6. The third kappa shape index (κ3) is 39.7. The van der Waals surface area contributed by atoms with E-state index >= 15 is 0 Å². The Kier molecular flexibility index (Phi) is 50.4. The lowest BCUT2D eigenvalue weighted by atomic mass is 9.98. The number of hydrogen-bond acceptors (Lipinski definition) is 30. The van der Waals surface area contributed by atoms with Gasteiger partial charge in [0.15, 0.2) is 18.9 Å². The molecule has 0 aliphatic carbocycles. The van der Waals surface area contributed by atoms with Gasteiger partial charge in [0.2, 0.25) is 41.4 Å². The highest BCUT2D eigenvalue weighted by Gasteiger charge is 2.45. The van der Waals surface area contributed by atoms with Crippen molar-refractivity contribution >= 4 is 47.3 Å². The Balaban J connectivity index is 1.52. The van der Waals surface area contributed by atoms with Crippen molar-refractivity contribution in [2.45, 2.75) is 258 Å². The molecule has 15 atom stereocenters. The van der Waals surface area contributed by atoms with Crippen molar-refractivity contribution in [1.29, 1.82) is 0 Å². The number of ether oxygens (including phenoxy) is 10. The van der Waals surface area contributed by atoms with Gasteiger partial charge in [0.25, 0.3) is 0 Å². The van der Waals surface area contributed by atoms with E-state index in [9.17, 15) is 84.3 Å². The molecule has 3 rings (SSSR count). The number of carbonyl (C=O) groups excluding carboxylic acids is 8. The first kappa shape index (κ1) is 94.1. The Labute approximate surface area is 615 Å². The zero-order valence-electron chi connectivity index (χ0n) is 61.2. The third-order valence-electron chi connectivity index (χ3n) is 17.7. The number of rotatable bonds is 60. The second kappa shape index (κ2) is 56.2. The highest BCUT2D eigenvalue weighted by atomic mass is 16.7. The van der Waals surface area contributed by atoms with Crippen molar-refractivity contribution in [3.63, 3.8) is 0 Å². The van der Waals surface area contributed by atoms with Crippen LogP contribution in [0.2, 0.25) is 0 Å². The molecule has 7 amide bonds. The van der Waals surface area contributed by atoms with E-state index in [0.29, 0.717) is 70.6 Å². The van der Waals surface area contributed by atoms with E-state index in [1.165, 1.54) is 7.11 Å². The SMILES string of the molecule is COC(=O)CCCCCCCCCCC(=O)NC(COCCC(=O)NCCCNC(=O)CCCCOC1OC(CO)C(O)C(O)C1N)(COCCC(=O)NCCCNC(=O)CCCCOC1OC(CO)C(O)C(O)C1N)COCCC(=O)NCCCNC(=O)CCCCOC1OC(CO)C(O)C(O)C1N. The average Bonchev–Trinajstić information content (AvgIpc) is 0.840. The molecule has 22 N–H and O–H groups in total. The monoisotopic (exact) mass is 1510 g/mol. The Bertz CT molecular complexity index is 2200. The summed E-state index contributed by atoms with van der Waals surface area (Å²) in [5, 5.41) is 109. The summed E-state index contributed by atoms with van der Waals surface area (Å²) in [6, 6.07) is -3.09. The molecule has 0 spiro atoms. The standard InChI is InChI=1S/C68H126N10O27/c1-96-55(89)23-9-7-5-3-2-4-6-8-22-54(88)78-68(42-97-36-24-51(85)75-30-16-27-72-48(82)19-10-13-33-100-65-56(69)62(93)59(90)45(39-79)103-65,43-98-37-25-52(86)76-31-17-28-73-49(83)20-11-14-34-101-66-57(70)63(94)60(91)46(40-80)104-66)44-99-38-26-53(87)77-32-18-29-74-50(84)21-12-15-35-102-67-58(71)64(95)61(92)47(41-81)105-67/h45-47,56-67,79-81,90-95H,2-44,69-71H2,1H3,(H,72,82)(H,73,83)(H,74,84)(H,75,85)(H,76,86)(H,77,87)(H,78,88). The van der Waals surface area contributed by atoms with Crippen LogP contribution in [0.15, 0.2) is 0 Å². The van der Waals surface area contributed by atoms with Gasteiger partial charge in [-0.15, -0.1) is 0 Å². The molecular weight excluding hydrogens is 1390 g/mol. The summed E-state index contributed by atoms with van der Waals surface area (Å²) in [6.45, 7) is -0.516. The third-order valence-corrected chi connectivity index (χ3v) is 17.7. The van der Waals surface area contributed by atoms with Crippen LogP contribution in [0.3, 0.4) is 0 Å². The van der Waals surface area contributed by atoms with Crippen LogP contribution >= 0.6 is 0 Å². The number of hydrogen-bond donors (Lipinski definition) is 19. The van der Waals surface area contributed by atoms with Crippen molar-refractivity contribution < 1.29 is 132 Å². The number of aliphatic hydroxyl groups is 9. The van der Waals surface area contributed by atoms with Crippen molar-refractivity contribution in [2.24, 2.45) is 17.2 Å². The van der Waals surface area contributed by atoms with E-state index in [1.54, 1.807) is 0 Å². The molecule has 0 saturated carbocycles. The van der Waals surface area contributed by atoms with Crippen LogP contribution in [0, 0.1) is 0 Å². The summed E-state index contributed by atoms with van der Waals surface area (Å²) < 4.78 is 56.1. The van der Waals surface area contributed by atoms with Crippen LogP contribution in [0.4, 0.5) is 0 Å². The largest absolute Gasteiger partial charge is 0.469 e. The lowest BCUT2D eigenvalue weighted by Gasteiger charge is -2.40. The van der Waals surface area contributed by atoms with Gasteiger partial charge in [0.05, 0.1) is 84.7 Å². The first-order valence-corrected chi connectivity index (χ1v) is 37.2. The van der Waals surface area contributed by atoms with E-state index in [1.807, 2.05) is 0 Å². The van der Waals surface area contributed by atoms with Gasteiger partial charge in [-0.2, -0.15) is 0 Å². The molecule has 3 aliphatic heterocycles. The maximum Gasteiger partial charge on any atom is 0.305 e. The minimum absolute atomic E-state index is 0.0810. The zero-order valence-corrected chi connectivity index (χ0v) is 61.2. The molecule has 0 aromatic heterocycles. The number of nitrogens with two attached hydrogens (primary N) is 3. The van der Waals surface area contributed by atoms with Crippen LogP contribution in [0.5, 0.6) is 0 Å². The van der Waals surface area contributed by atoms with E-state index in [4.69, 9.17) is 64.6 Å². The quantitative estimate of drug-likeness (QED) is 0.0200. The van der Waals surface area contributed by atoms with Crippen molar-refractivity contribution in [3.8, 4) is 0 Å². The lowest BCUT2D eigenvalue weighted by Crippen LogP contribution is -2.62. The van der Waals surface area contributed by atoms with E-state index in [-0.39, 0.29) is 191 Å². The van der Waals surface area contributed by atoms with Gasteiger partial charge in [-0.05, 0) is 70.6 Å². The number of carbonyl (C=O) groups is 8. The van der Waals surface area contributed by atoms with E-state index < -0.39 is 117 Å². The Morgan fingerprint density at radius 1 is 0.333 bits per heavy atom. The van der Waals surface area contributed by atoms with Gasteiger partial charge in [0.1, 0.15) is 60.5 Å². The summed E-state index contributed by atoms with van der Waals surface area (Å²) in [7, 11) is 1.37. The fourth-order valence-electron chi connectivity index (χ4n) is 11.3. The topological polar surface area (TPSA) is 573 Å². The lowest BCUT2D eigenvalue weighted by molar-refractivity contribution is -0.265. The number of methoxy groups -OCH3 is 1. The van der Waals surface area contributed by atoms with Crippen LogP contribution in [-0.2, 0) is 85.7 Å². The number of unbranched alkanes of at least 4 members (excludes halogenated alkanes) is 10. The molecule has 37 heteroatoms. The maximum atomic E-state index is 13.9. The molecule has 0 aromatic rings. The first-order valence-electron chi connectivity index (χ1n) is 37.2. The van der Waals surface area contributed by atoms with Gasteiger partial charge in [-0.25, -0.2) is 0 Å². The van der Waals surface area contributed by atoms with Crippen LogP contribution in [-0.4, -0.2) is 316 Å². The van der Waals surface area contributed by atoms with Gasteiger partial charge in [-0.1, -0.05) is 38.5 Å². The number of esters is 1. The molecule has 15 unspecified atom stereocenters. The summed E-state index contributed by atoms with van der Waals surface area (Å²) in [5.74, 6) is -2.26. The molecule has 105 heavy (non-hydrogen) atoms. The fraction of sp³-hybridized carbons (Fsp3) is 0.882. The average molecular weight is 1520 g/mol. The molecule has 3 saturated heterocycles. The van der Waals surface area contributed by atoms with Gasteiger partial charge < -0.3 is 148 Å². The number of aliphatic hydroxyl groups excluding tert-OH is 9. The molecule has 610 valence electrons. The zero-order chi connectivity index (χ0) is 77.2. The smallest absolute Gasteiger partial charge is 0.305 e. The first-order chi connectivity index (χ1) is 50.5. The minimum Gasteiger partial charge on any atom is -0.469 e. The molecular formula is C68H126N10O27. The second-order valence-corrected chi connectivity index (χ2v) is 26.6. The fourth-order valence-corrected chi connectivity index (χ4v) is 11.3. The Morgan fingerprint density at radius 3 is 0.876 bits per heavy atom. The highest BCUT2D eigenvalue weighted by Crippen LogP contribution is 2.24. The summed E-state index contributed by atoms with van der Waals surface area (Å²) in [4.78, 5) is 102. The maximum absolute atomic E-state index is 13.9. The van der Waals surface area contributed by atoms with E-state index in [0.717, 1.165) is 44.9 Å². The molecule has 0 radical (unpaired) electrons. The summed E-state index contributed by atoms with van der Waals surface area (Å²) >= 11 is 0. The molecule has 3 aliphatic rings. The van der Waals surface area contributed by atoms with E-state index in [2.05, 4.69) is 37.2 Å². The highest BCUT2D eigenvalue weighted by molar-refractivity contribution is 5.78. The molecule has 0 aromatic carbocycles. The van der Waals surface area contributed by atoms with Crippen molar-refractivity contribution in [3.05, 3.63) is 0 Å². The summed E-state index contributed by atoms with van der Waals surface area (Å²) in [5.41, 5.74) is 16.4. The van der Waals surface area contributed by atoms with Crippen molar-refractivity contribution in [1.82, 2.24) is 37.2 Å². The van der Waals surface area contributed by atoms with Gasteiger partial charge >= 0.3 is 5.97 Å². The van der Waals surface area contributed by atoms with Crippen molar-refractivity contribution in [2.75, 3.05) is 126 Å². The predicted molar refractivity (Wildman–Crippen MR) is 374 cm³/mol. The predicted octanol–water partition coefficient (Wildman–Crippen LogP) is -5.14. The Hall–Kier alpha value is -5.08. The van der Waals surface area contributed by atoms with Crippen LogP contribution in [0.1, 0.15) is 161 Å². The van der Waals surface area contributed by atoms with Crippen LogP contribution < -0.4 is 54.4 Å². The van der Waals surface area contributed by atoms with Gasteiger partial charge in [-0.3, -0.25) is 38.4 Å². The summed E-state index contributed by atoms with van der Waals surface area (Å²) in [6.07, 6.45) is -2.78. The molecule has 3 fully saturated rings. The van der Waals surface area contributed by atoms with Crippen LogP contribution in [0.25, 0.3) is 0 Å².